The summed E-state index contributed by atoms with van der Waals surface area (Å²) in [6, 6.07) is 44.3. The molecule has 4 heterocycles. The number of para-hydroxylation sites is 1. The summed E-state index contributed by atoms with van der Waals surface area (Å²) >= 11 is 0. The van der Waals surface area contributed by atoms with E-state index in [2.05, 4.69) is 66.0 Å². The van der Waals surface area contributed by atoms with Gasteiger partial charge in [0.15, 0.2) is 0 Å². The molecule has 4 aromatic heterocycles. The minimum Gasteiger partial charge on any atom is -0.501 e. The van der Waals surface area contributed by atoms with Gasteiger partial charge in [0.05, 0.1) is 19.2 Å². The van der Waals surface area contributed by atoms with Crippen LogP contribution in [0.5, 0.6) is 0 Å². The predicted molar refractivity (Wildman–Crippen MR) is 219 cm³/mol. The Hall–Kier alpha value is -5.13. The summed E-state index contributed by atoms with van der Waals surface area (Å²) < 4.78 is 84.5. The maximum atomic E-state index is 8.02. The van der Waals surface area contributed by atoms with E-state index >= 15 is 0 Å². The van der Waals surface area contributed by atoms with Crippen molar-refractivity contribution in [2.45, 2.75) is 45.6 Å². The van der Waals surface area contributed by atoms with E-state index in [1.807, 2.05) is 85.1 Å². The van der Waals surface area contributed by atoms with Crippen molar-refractivity contribution in [1.29, 1.82) is 0 Å². The first-order chi connectivity index (χ1) is 28.8. The van der Waals surface area contributed by atoms with Gasteiger partial charge in [0.1, 0.15) is 11.2 Å². The summed E-state index contributed by atoms with van der Waals surface area (Å²) in [5, 5.41) is 5.21. The number of aromatic nitrogens is 2. The third kappa shape index (κ3) is 7.15. The second-order valence-electron chi connectivity index (χ2n) is 13.8. The van der Waals surface area contributed by atoms with Crippen LogP contribution in [0.1, 0.15) is 38.5 Å². The largest absolute Gasteiger partial charge is 0.501 e. The van der Waals surface area contributed by atoms with Gasteiger partial charge in [-0.15, -0.1) is 36.4 Å². The molecule has 53 heavy (non-hydrogen) atoms. The number of rotatable bonds is 4. The molecule has 0 aliphatic heterocycles. The van der Waals surface area contributed by atoms with Gasteiger partial charge in [0.25, 0.3) is 0 Å². The van der Waals surface area contributed by atoms with Crippen LogP contribution in [-0.2, 0) is 25.5 Å². The summed E-state index contributed by atoms with van der Waals surface area (Å²) in [5.41, 5.74) is 3.62. The summed E-state index contributed by atoms with van der Waals surface area (Å²) in [5.74, 6) is 0. The Bertz CT molecular complexity index is 3010. The van der Waals surface area contributed by atoms with E-state index in [1.165, 1.54) is 17.4 Å². The number of nitrogens with zero attached hydrogens (tertiary/aromatic N) is 2. The minimum absolute atomic E-state index is 0. The standard InChI is InChI=1S/C27H22NO.C20H18NOSi.Ir/c1-27(2,3)20-14-15-28-24(17-20)23-11-7-10-22-21-13-12-19(16-25(21)29-26(22)23)18-8-5-4-6-9-18;1-23(2,3)14-11-12-18(21-13-14)17-9-6-8-16-15-7-4-5-10-19(15)22-20(16)17;/h4-10,12-17H,1-3H3;4-8,10-13H,1-3H3;/q2*-1;/i1D3,2D3,3D3;;. The van der Waals surface area contributed by atoms with Crippen LogP contribution in [0.25, 0.3) is 77.5 Å². The van der Waals surface area contributed by atoms with Gasteiger partial charge in [0, 0.05) is 55.6 Å². The van der Waals surface area contributed by atoms with E-state index in [0.29, 0.717) is 16.7 Å². The van der Waals surface area contributed by atoms with Gasteiger partial charge in [-0.1, -0.05) is 141 Å². The van der Waals surface area contributed by atoms with Gasteiger partial charge >= 0.3 is 0 Å². The second-order valence-corrected chi connectivity index (χ2v) is 18.9. The third-order valence-corrected chi connectivity index (χ3v) is 11.2. The summed E-state index contributed by atoms with van der Waals surface area (Å²) in [6.07, 6.45) is 3.22. The first-order valence-corrected chi connectivity index (χ1v) is 20.5. The Balaban J connectivity index is 0.000000205. The maximum absolute atomic E-state index is 8.02. The van der Waals surface area contributed by atoms with Crippen molar-refractivity contribution in [1.82, 2.24) is 9.97 Å². The zero-order valence-electron chi connectivity index (χ0n) is 38.2. The van der Waals surface area contributed by atoms with Gasteiger partial charge in [-0.25, -0.2) is 0 Å². The number of fused-ring (bicyclic) bond motifs is 6. The van der Waals surface area contributed by atoms with Crippen LogP contribution in [0.15, 0.2) is 143 Å². The predicted octanol–water partition coefficient (Wildman–Crippen LogP) is 12.4. The zero-order valence-corrected chi connectivity index (χ0v) is 32.6. The number of hydrogen-bond donors (Lipinski definition) is 0. The molecule has 0 atom stereocenters. The smallest absolute Gasteiger partial charge is 0.121 e. The Kier molecular flexibility index (Phi) is 7.21. The summed E-state index contributed by atoms with van der Waals surface area (Å²) in [6.45, 7) is -3.12. The van der Waals surface area contributed by atoms with Crippen LogP contribution in [0.3, 0.4) is 0 Å². The molecule has 0 bridgehead atoms. The zero-order chi connectivity index (χ0) is 43.5. The number of pyridine rings is 2. The molecule has 0 amide bonds. The average molecular weight is 894 g/mol. The van der Waals surface area contributed by atoms with E-state index in [0.717, 1.165) is 61.2 Å². The van der Waals surface area contributed by atoms with Crippen molar-refractivity contribution in [3.63, 3.8) is 0 Å². The topological polar surface area (TPSA) is 52.1 Å². The van der Waals surface area contributed by atoms with E-state index < -0.39 is 34.0 Å². The van der Waals surface area contributed by atoms with Crippen molar-refractivity contribution in [3.8, 4) is 33.6 Å². The molecule has 9 aromatic rings. The molecule has 0 aliphatic rings. The van der Waals surface area contributed by atoms with E-state index in [1.54, 1.807) is 6.07 Å². The fourth-order valence-electron chi connectivity index (χ4n) is 6.41. The van der Waals surface area contributed by atoms with Gasteiger partial charge in [-0.05, 0) is 56.9 Å². The first kappa shape index (κ1) is 26.6. The van der Waals surface area contributed by atoms with Crippen molar-refractivity contribution in [2.24, 2.45) is 0 Å². The van der Waals surface area contributed by atoms with Crippen LogP contribution in [-0.4, -0.2) is 18.0 Å². The SMILES string of the molecule is C[Si](C)(C)c1ccc(-c2[c-]ccc3c2oc2ccccc23)nc1.[2H]C([2H])([2H])C(c1ccnc(-c2[c-]ccc3c2oc2cc(-c4ccccc4)ccc23)c1)(C([2H])([2H])[2H])C([2H])([2H])[2H].[Ir]. The molecule has 265 valence electrons. The van der Waals surface area contributed by atoms with E-state index in [9.17, 15) is 0 Å². The minimum atomic E-state index is -3.37. The van der Waals surface area contributed by atoms with Crippen molar-refractivity contribution in [3.05, 3.63) is 151 Å². The number of furan rings is 2. The third-order valence-electron chi connectivity index (χ3n) is 9.21. The molecule has 0 aliphatic carbocycles. The Labute approximate surface area is 337 Å². The maximum Gasteiger partial charge on any atom is 0.121 e. The molecule has 9 rings (SSSR count). The molecule has 1 radical (unpaired) electrons. The fraction of sp³-hybridized carbons (Fsp3) is 0.149. The summed E-state index contributed by atoms with van der Waals surface area (Å²) in [4.78, 5) is 8.99. The molecular weight excluding hydrogens is 845 g/mol. The molecule has 0 unspecified atom stereocenters. The van der Waals surface area contributed by atoms with E-state index in [-0.39, 0.29) is 31.4 Å². The molecule has 0 saturated carbocycles. The molecular formula is C47H40IrN2O2Si-2. The van der Waals surface area contributed by atoms with Gasteiger partial charge in [0.2, 0.25) is 0 Å². The van der Waals surface area contributed by atoms with E-state index in [4.69, 9.17) is 21.2 Å². The monoisotopic (exact) mass is 894 g/mol. The molecule has 0 saturated heterocycles. The molecule has 6 heteroatoms. The van der Waals surface area contributed by atoms with Gasteiger partial charge in [-0.2, -0.15) is 0 Å². The fourth-order valence-corrected chi connectivity index (χ4v) is 7.44. The van der Waals surface area contributed by atoms with Gasteiger partial charge < -0.3 is 18.8 Å². The molecule has 5 aromatic carbocycles. The van der Waals surface area contributed by atoms with Crippen LogP contribution in [0.2, 0.25) is 19.6 Å². The number of hydrogen-bond acceptors (Lipinski definition) is 4. The molecule has 0 spiro atoms. The van der Waals surface area contributed by atoms with Crippen molar-refractivity contribution in [2.75, 3.05) is 0 Å². The van der Waals surface area contributed by atoms with Crippen LogP contribution < -0.4 is 5.19 Å². The van der Waals surface area contributed by atoms with Crippen LogP contribution >= 0.6 is 0 Å². The Morgan fingerprint density at radius 1 is 0.604 bits per heavy atom. The van der Waals surface area contributed by atoms with Crippen LogP contribution in [0, 0.1) is 12.1 Å². The van der Waals surface area contributed by atoms with Gasteiger partial charge in [-0.3, -0.25) is 0 Å². The molecule has 0 fully saturated rings. The molecule has 4 nitrogen and oxygen atoms in total. The van der Waals surface area contributed by atoms with Crippen molar-refractivity contribution >= 4 is 57.1 Å². The average Bonchev–Trinajstić information content (AvgIpc) is 3.78. The normalized spacial score (nSPS) is 15.0. The Morgan fingerprint density at radius 2 is 1.26 bits per heavy atom. The first-order valence-electron chi connectivity index (χ1n) is 21.5. The second kappa shape index (κ2) is 14.4. The Morgan fingerprint density at radius 3 is 1.94 bits per heavy atom. The van der Waals surface area contributed by atoms with Crippen molar-refractivity contribution < 1.29 is 41.3 Å². The van der Waals surface area contributed by atoms with Crippen LogP contribution in [0.4, 0.5) is 0 Å². The molecule has 0 N–H and O–H groups in total. The summed E-state index contributed by atoms with van der Waals surface area (Å²) in [7, 11) is -1.33. The number of benzene rings is 5. The quantitative estimate of drug-likeness (QED) is 0.130.